The van der Waals surface area contributed by atoms with Crippen LogP contribution in [0, 0.1) is 5.92 Å². The predicted molar refractivity (Wildman–Crippen MR) is 97.7 cm³/mol. The molecule has 0 aromatic heterocycles. The predicted octanol–water partition coefficient (Wildman–Crippen LogP) is 2.09. The van der Waals surface area contributed by atoms with Crippen molar-refractivity contribution in [1.82, 2.24) is 9.80 Å². The number of halogens is 1. The van der Waals surface area contributed by atoms with Gasteiger partial charge in [-0.2, -0.15) is 0 Å². The Morgan fingerprint density at radius 3 is 2.78 bits per heavy atom. The van der Waals surface area contributed by atoms with Crippen LogP contribution >= 0.6 is 24.2 Å². The van der Waals surface area contributed by atoms with Crippen LogP contribution in [0.4, 0.5) is 0 Å². The highest BCUT2D eigenvalue weighted by Crippen LogP contribution is 2.26. The number of hydrogen-bond acceptors (Lipinski definition) is 4. The Kier molecular flexibility index (Phi) is 8.72. The Morgan fingerprint density at radius 2 is 2.13 bits per heavy atom. The molecule has 2 N–H and O–H groups in total. The number of rotatable bonds is 5. The summed E-state index contributed by atoms with van der Waals surface area (Å²) in [6.45, 7) is 5.65. The van der Waals surface area contributed by atoms with Gasteiger partial charge in [0.25, 0.3) is 0 Å². The van der Waals surface area contributed by atoms with Gasteiger partial charge in [-0.1, -0.05) is 13.3 Å². The molecule has 23 heavy (non-hydrogen) atoms. The molecule has 0 radical (unpaired) electrons. The van der Waals surface area contributed by atoms with E-state index in [1.807, 2.05) is 11.8 Å². The smallest absolute Gasteiger partial charge is 0.246 e. The second kappa shape index (κ2) is 9.74. The second-order valence-electron chi connectivity index (χ2n) is 6.53. The molecule has 2 fully saturated rings. The third-order valence-electron chi connectivity index (χ3n) is 4.75. The average molecular weight is 364 g/mol. The summed E-state index contributed by atoms with van der Waals surface area (Å²) in [4.78, 5) is 28.9. The van der Waals surface area contributed by atoms with Gasteiger partial charge >= 0.3 is 0 Å². The van der Waals surface area contributed by atoms with Crippen molar-refractivity contribution < 1.29 is 9.59 Å². The minimum Gasteiger partial charge on any atom is -0.341 e. The first-order valence-electron chi connectivity index (χ1n) is 8.46. The monoisotopic (exact) mass is 363 g/mol. The fourth-order valence-electron chi connectivity index (χ4n) is 3.21. The second-order valence-corrected chi connectivity index (χ2v) is 7.53. The number of nitrogens with two attached hydrogens (primary N) is 1. The van der Waals surface area contributed by atoms with Gasteiger partial charge in [0.15, 0.2) is 0 Å². The van der Waals surface area contributed by atoms with Crippen LogP contribution in [0.15, 0.2) is 0 Å². The van der Waals surface area contributed by atoms with Crippen molar-refractivity contribution in [1.29, 1.82) is 0 Å². The van der Waals surface area contributed by atoms with E-state index in [9.17, 15) is 9.59 Å². The Morgan fingerprint density at radius 1 is 1.39 bits per heavy atom. The van der Waals surface area contributed by atoms with E-state index in [-0.39, 0.29) is 36.3 Å². The molecule has 0 bridgehead atoms. The number of likely N-dealkylation sites (tertiary alicyclic amines) is 1. The lowest BCUT2D eigenvalue weighted by molar-refractivity contribution is -0.144. The van der Waals surface area contributed by atoms with Crippen LogP contribution in [0.3, 0.4) is 0 Å². The highest BCUT2D eigenvalue weighted by molar-refractivity contribution is 7.99. The molecule has 5 nitrogen and oxygen atoms in total. The molecule has 3 unspecified atom stereocenters. The first-order valence-corrected chi connectivity index (χ1v) is 9.61. The summed E-state index contributed by atoms with van der Waals surface area (Å²) in [7, 11) is 0. The Bertz CT molecular complexity index is 409. The minimum absolute atomic E-state index is 0. The van der Waals surface area contributed by atoms with Crippen LogP contribution in [0.25, 0.3) is 0 Å². The van der Waals surface area contributed by atoms with Crippen molar-refractivity contribution >= 4 is 36.0 Å². The van der Waals surface area contributed by atoms with Gasteiger partial charge in [0.2, 0.25) is 11.8 Å². The Hall–Kier alpha value is -0.460. The van der Waals surface area contributed by atoms with E-state index in [2.05, 4.69) is 6.92 Å². The molecule has 0 saturated carbocycles. The molecule has 0 aliphatic carbocycles. The molecule has 0 spiro atoms. The Balaban J connectivity index is 0.00000264. The van der Waals surface area contributed by atoms with Gasteiger partial charge in [-0.15, -0.1) is 24.2 Å². The van der Waals surface area contributed by atoms with Gasteiger partial charge in [0.1, 0.15) is 6.04 Å². The van der Waals surface area contributed by atoms with Gasteiger partial charge in [-0.25, -0.2) is 0 Å². The van der Waals surface area contributed by atoms with E-state index in [0.29, 0.717) is 18.2 Å². The first-order chi connectivity index (χ1) is 10.5. The maximum absolute atomic E-state index is 12.8. The molecule has 2 aliphatic rings. The molecule has 2 aliphatic heterocycles. The van der Waals surface area contributed by atoms with Gasteiger partial charge in [-0.05, 0) is 32.1 Å². The first kappa shape index (κ1) is 20.6. The number of piperidine rings is 1. The summed E-state index contributed by atoms with van der Waals surface area (Å²) >= 11 is 1.68. The number of hydrogen-bond donors (Lipinski definition) is 1. The summed E-state index contributed by atoms with van der Waals surface area (Å²) in [5.74, 6) is 2.03. The number of thioether (sulfide) groups is 1. The number of unbranched alkanes of at least 4 members (excludes halogenated alkanes) is 1. The number of nitrogens with zero attached hydrogens (tertiary/aromatic N) is 2. The molecule has 2 heterocycles. The summed E-state index contributed by atoms with van der Waals surface area (Å²) in [5.41, 5.74) is 6.01. The van der Waals surface area contributed by atoms with Crippen molar-refractivity contribution in [2.45, 2.75) is 58.0 Å². The van der Waals surface area contributed by atoms with Crippen LogP contribution in [0.1, 0.15) is 46.0 Å². The quantitative estimate of drug-likeness (QED) is 0.812. The molecule has 2 saturated heterocycles. The van der Waals surface area contributed by atoms with Crippen molar-refractivity contribution in [2.75, 3.05) is 24.7 Å². The molecule has 2 amide bonds. The summed E-state index contributed by atoms with van der Waals surface area (Å²) < 4.78 is 0. The lowest BCUT2D eigenvalue weighted by atomic mass is 9.92. The maximum atomic E-state index is 12.8. The van der Waals surface area contributed by atoms with E-state index < -0.39 is 0 Å². The van der Waals surface area contributed by atoms with Crippen LogP contribution in [0.2, 0.25) is 0 Å². The number of carbonyl (C=O) groups is 2. The standard InChI is InChI=1S/C16H29N3O2S.ClH/c1-3-4-7-15(20)19-11-22-10-14(19)16(21)18-8-5-6-13(9-18)12(2)17;/h12-14H,3-11,17H2,1-2H3;1H. The summed E-state index contributed by atoms with van der Waals surface area (Å²) in [5, 5.41) is 0. The zero-order valence-electron chi connectivity index (χ0n) is 14.2. The minimum atomic E-state index is -0.263. The lowest BCUT2D eigenvalue weighted by Crippen LogP contribution is -2.53. The van der Waals surface area contributed by atoms with Crippen molar-refractivity contribution in [3.8, 4) is 0 Å². The van der Waals surface area contributed by atoms with Crippen LogP contribution < -0.4 is 5.73 Å². The van der Waals surface area contributed by atoms with Crippen molar-refractivity contribution in [3.05, 3.63) is 0 Å². The third kappa shape index (κ3) is 5.26. The van der Waals surface area contributed by atoms with Gasteiger partial charge in [0.05, 0.1) is 5.88 Å². The molecular weight excluding hydrogens is 334 g/mol. The molecule has 0 aromatic rings. The lowest BCUT2D eigenvalue weighted by Gasteiger charge is -2.37. The van der Waals surface area contributed by atoms with E-state index in [1.54, 1.807) is 16.7 Å². The van der Waals surface area contributed by atoms with Gasteiger partial charge in [-0.3, -0.25) is 9.59 Å². The molecule has 2 rings (SSSR count). The zero-order chi connectivity index (χ0) is 16.1. The van der Waals surface area contributed by atoms with E-state index in [0.717, 1.165) is 44.5 Å². The van der Waals surface area contributed by atoms with Crippen LogP contribution in [0.5, 0.6) is 0 Å². The topological polar surface area (TPSA) is 66.6 Å². The van der Waals surface area contributed by atoms with E-state index in [4.69, 9.17) is 5.73 Å². The average Bonchev–Trinajstić information content (AvgIpc) is 3.01. The SMILES string of the molecule is CCCCC(=O)N1CSCC1C(=O)N1CCCC(C(C)N)C1.Cl. The number of amides is 2. The van der Waals surface area contributed by atoms with Gasteiger partial charge < -0.3 is 15.5 Å². The highest BCUT2D eigenvalue weighted by Gasteiger charge is 2.38. The van der Waals surface area contributed by atoms with Crippen molar-refractivity contribution in [3.63, 3.8) is 0 Å². The molecule has 0 aromatic carbocycles. The van der Waals surface area contributed by atoms with E-state index >= 15 is 0 Å². The molecular formula is C16H30ClN3O2S. The zero-order valence-corrected chi connectivity index (χ0v) is 15.8. The summed E-state index contributed by atoms with van der Waals surface area (Å²) in [6, 6.07) is -0.142. The van der Waals surface area contributed by atoms with Gasteiger partial charge in [0, 0.05) is 31.3 Å². The van der Waals surface area contributed by atoms with Crippen molar-refractivity contribution in [2.24, 2.45) is 11.7 Å². The summed E-state index contributed by atoms with van der Waals surface area (Å²) in [6.07, 6.45) is 4.58. The van der Waals surface area contributed by atoms with Crippen LogP contribution in [-0.2, 0) is 9.59 Å². The normalized spacial score (nSPS) is 25.9. The molecule has 134 valence electrons. The Labute approximate surface area is 150 Å². The fourth-order valence-corrected chi connectivity index (χ4v) is 4.39. The molecule has 7 heteroatoms. The number of carbonyl (C=O) groups excluding carboxylic acids is 2. The maximum Gasteiger partial charge on any atom is 0.246 e. The largest absolute Gasteiger partial charge is 0.341 e. The third-order valence-corrected chi connectivity index (χ3v) is 5.76. The highest BCUT2D eigenvalue weighted by atomic mass is 35.5. The fraction of sp³-hybridized carbons (Fsp3) is 0.875. The van der Waals surface area contributed by atoms with Crippen LogP contribution in [-0.4, -0.2) is 58.4 Å². The van der Waals surface area contributed by atoms with E-state index in [1.165, 1.54) is 0 Å². The molecule has 3 atom stereocenters.